The third kappa shape index (κ3) is 6.30. The first-order chi connectivity index (χ1) is 16.7. The molecule has 35 heavy (non-hydrogen) atoms. The number of nitro benzene ring substituents is 1. The van der Waals surface area contributed by atoms with E-state index in [1.807, 2.05) is 0 Å². The second-order valence-corrected chi connectivity index (χ2v) is 8.48. The lowest BCUT2D eigenvalue weighted by Gasteiger charge is -2.24. The van der Waals surface area contributed by atoms with Gasteiger partial charge in [-0.1, -0.05) is 86.1 Å². The summed E-state index contributed by atoms with van der Waals surface area (Å²) < 4.78 is 5.67. The quantitative estimate of drug-likeness (QED) is 0.190. The molecule has 0 aromatic heterocycles. The van der Waals surface area contributed by atoms with Crippen molar-refractivity contribution in [3.8, 4) is 0 Å². The van der Waals surface area contributed by atoms with Crippen LogP contribution < -0.4 is 5.32 Å². The molecule has 1 amide bonds. The minimum absolute atomic E-state index is 0.0318. The van der Waals surface area contributed by atoms with Crippen LogP contribution in [0.1, 0.15) is 46.2 Å². The number of halogens is 1. The van der Waals surface area contributed by atoms with Crippen LogP contribution in [0, 0.1) is 16.0 Å². The summed E-state index contributed by atoms with van der Waals surface area (Å²) in [6.07, 6.45) is -1.22. The highest BCUT2D eigenvalue weighted by molar-refractivity contribution is 6.34. The molecule has 0 fully saturated rings. The molecule has 0 saturated carbocycles. The smallest absolute Gasteiger partial charge is 0.329 e. The molecule has 3 aromatic rings. The first kappa shape index (κ1) is 25.6. The van der Waals surface area contributed by atoms with Crippen LogP contribution in [0.15, 0.2) is 78.9 Å². The number of hydrogen-bond donors (Lipinski definition) is 1. The summed E-state index contributed by atoms with van der Waals surface area (Å²) in [7, 11) is 0. The van der Waals surface area contributed by atoms with Crippen molar-refractivity contribution >= 4 is 34.9 Å². The van der Waals surface area contributed by atoms with E-state index in [2.05, 4.69) is 5.32 Å². The van der Waals surface area contributed by atoms with Crippen molar-refractivity contribution < 1.29 is 24.0 Å². The molecule has 2 atom stereocenters. The zero-order chi connectivity index (χ0) is 25.5. The van der Waals surface area contributed by atoms with Crippen LogP contribution in [0.25, 0.3) is 0 Å². The lowest BCUT2D eigenvalue weighted by Crippen LogP contribution is -2.46. The van der Waals surface area contributed by atoms with Crippen molar-refractivity contribution in [1.82, 2.24) is 5.32 Å². The Balaban J connectivity index is 1.85. The normalized spacial score (nSPS) is 12.5. The van der Waals surface area contributed by atoms with Gasteiger partial charge in [-0.2, -0.15) is 0 Å². The molecule has 0 spiro atoms. The SMILES string of the molecule is CC(C)C(NC(=O)c1ccc([N+](=O)[O-])cc1Cl)C(=O)OC(C(=O)c1ccccc1)c1ccccc1. The van der Waals surface area contributed by atoms with E-state index < -0.39 is 40.6 Å². The first-order valence-electron chi connectivity index (χ1n) is 10.8. The van der Waals surface area contributed by atoms with Gasteiger partial charge in [0, 0.05) is 23.3 Å². The van der Waals surface area contributed by atoms with Gasteiger partial charge in [0.05, 0.1) is 15.5 Å². The Morgan fingerprint density at radius 1 is 0.943 bits per heavy atom. The fraction of sp³-hybridized carbons (Fsp3) is 0.192. The van der Waals surface area contributed by atoms with Gasteiger partial charge >= 0.3 is 5.97 Å². The van der Waals surface area contributed by atoms with Gasteiger partial charge in [0.15, 0.2) is 6.10 Å². The molecule has 0 heterocycles. The summed E-state index contributed by atoms with van der Waals surface area (Å²) in [5.41, 5.74) is 0.561. The minimum atomic E-state index is -1.22. The van der Waals surface area contributed by atoms with Crippen molar-refractivity contribution in [2.75, 3.05) is 0 Å². The Hall–Kier alpha value is -4.04. The van der Waals surface area contributed by atoms with Gasteiger partial charge in [-0.3, -0.25) is 19.7 Å². The molecular formula is C26H23ClN2O6. The predicted octanol–water partition coefficient (Wildman–Crippen LogP) is 5.17. The lowest BCUT2D eigenvalue weighted by atomic mass is 9.99. The zero-order valence-corrected chi connectivity index (χ0v) is 19.8. The number of nitrogens with one attached hydrogen (secondary N) is 1. The Bertz CT molecular complexity index is 1230. The number of ketones is 1. The van der Waals surface area contributed by atoms with Crippen LogP contribution in [0.5, 0.6) is 0 Å². The van der Waals surface area contributed by atoms with E-state index in [1.165, 1.54) is 6.07 Å². The number of benzene rings is 3. The lowest BCUT2D eigenvalue weighted by molar-refractivity contribution is -0.384. The van der Waals surface area contributed by atoms with Crippen molar-refractivity contribution in [2.45, 2.75) is 26.0 Å². The molecule has 180 valence electrons. The average molecular weight is 495 g/mol. The van der Waals surface area contributed by atoms with E-state index in [0.717, 1.165) is 12.1 Å². The third-order valence-corrected chi connectivity index (χ3v) is 5.56. The second-order valence-electron chi connectivity index (χ2n) is 8.07. The van der Waals surface area contributed by atoms with Crippen LogP contribution in [0.3, 0.4) is 0 Å². The van der Waals surface area contributed by atoms with Crippen molar-refractivity contribution in [3.05, 3.63) is 111 Å². The van der Waals surface area contributed by atoms with E-state index in [-0.39, 0.29) is 16.3 Å². The van der Waals surface area contributed by atoms with Gasteiger partial charge in [-0.15, -0.1) is 0 Å². The molecule has 3 rings (SSSR count). The van der Waals surface area contributed by atoms with Crippen molar-refractivity contribution in [3.63, 3.8) is 0 Å². The topological polar surface area (TPSA) is 116 Å². The predicted molar refractivity (Wildman–Crippen MR) is 130 cm³/mol. The molecule has 0 saturated heterocycles. The summed E-state index contributed by atoms with van der Waals surface area (Å²) in [5.74, 6) is -2.31. The van der Waals surface area contributed by atoms with Gasteiger partial charge in [-0.05, 0) is 12.0 Å². The van der Waals surface area contributed by atoms with Crippen LogP contribution in [-0.4, -0.2) is 28.6 Å². The van der Waals surface area contributed by atoms with Crippen molar-refractivity contribution in [2.24, 2.45) is 5.92 Å². The van der Waals surface area contributed by atoms with Gasteiger partial charge in [0.2, 0.25) is 5.78 Å². The second kappa shape index (κ2) is 11.4. The van der Waals surface area contributed by atoms with Crippen LogP contribution in [0.4, 0.5) is 5.69 Å². The molecule has 0 aliphatic heterocycles. The summed E-state index contributed by atoms with van der Waals surface area (Å²) in [5, 5.41) is 13.4. The summed E-state index contributed by atoms with van der Waals surface area (Å²) in [6.45, 7) is 3.42. The van der Waals surface area contributed by atoms with Crippen LogP contribution in [0.2, 0.25) is 5.02 Å². The van der Waals surface area contributed by atoms with Crippen LogP contribution in [-0.2, 0) is 9.53 Å². The highest BCUT2D eigenvalue weighted by atomic mass is 35.5. The fourth-order valence-electron chi connectivity index (χ4n) is 3.36. The number of amides is 1. The molecule has 9 heteroatoms. The molecule has 0 aliphatic carbocycles. The number of rotatable bonds is 9. The molecule has 2 unspecified atom stereocenters. The first-order valence-corrected chi connectivity index (χ1v) is 11.2. The largest absolute Gasteiger partial charge is 0.447 e. The molecule has 1 N–H and O–H groups in total. The van der Waals surface area contributed by atoms with E-state index in [4.69, 9.17) is 16.3 Å². The van der Waals surface area contributed by atoms with Gasteiger partial charge in [0.1, 0.15) is 6.04 Å². The number of non-ortho nitro benzene ring substituents is 1. The average Bonchev–Trinajstić information content (AvgIpc) is 2.85. The number of Topliss-reactive ketones (excluding diaryl/α,β-unsaturated/α-hetero) is 1. The summed E-state index contributed by atoms with van der Waals surface area (Å²) in [6, 6.07) is 19.4. The Labute approximate surface area is 207 Å². The molecule has 0 radical (unpaired) electrons. The Kier molecular flexibility index (Phi) is 8.33. The number of hydrogen-bond acceptors (Lipinski definition) is 6. The number of nitrogens with zero attached hydrogens (tertiary/aromatic N) is 1. The number of esters is 1. The maximum atomic E-state index is 13.2. The number of ether oxygens (including phenoxy) is 1. The summed E-state index contributed by atoms with van der Waals surface area (Å²) in [4.78, 5) is 49.5. The van der Waals surface area contributed by atoms with Crippen molar-refractivity contribution in [1.29, 1.82) is 0 Å². The highest BCUT2D eigenvalue weighted by Gasteiger charge is 2.32. The number of nitro groups is 1. The van der Waals surface area contributed by atoms with Gasteiger partial charge < -0.3 is 10.1 Å². The van der Waals surface area contributed by atoms with E-state index in [9.17, 15) is 24.5 Å². The molecule has 0 bridgehead atoms. The number of carbonyl (C=O) groups excluding carboxylic acids is 3. The molecular weight excluding hydrogens is 472 g/mol. The number of carbonyl (C=O) groups is 3. The highest BCUT2D eigenvalue weighted by Crippen LogP contribution is 2.25. The van der Waals surface area contributed by atoms with E-state index >= 15 is 0 Å². The Morgan fingerprint density at radius 3 is 2.09 bits per heavy atom. The maximum absolute atomic E-state index is 13.2. The minimum Gasteiger partial charge on any atom is -0.447 e. The van der Waals surface area contributed by atoms with Crippen LogP contribution >= 0.6 is 11.6 Å². The maximum Gasteiger partial charge on any atom is 0.329 e. The van der Waals surface area contributed by atoms with Gasteiger partial charge in [0.25, 0.3) is 11.6 Å². The Morgan fingerprint density at radius 2 is 1.54 bits per heavy atom. The van der Waals surface area contributed by atoms with Gasteiger partial charge in [-0.25, -0.2) is 4.79 Å². The molecule has 8 nitrogen and oxygen atoms in total. The standard InChI is InChI=1S/C26H23ClN2O6/c1-16(2)22(28-25(31)20-14-13-19(29(33)34)15-21(20)27)26(32)35-24(18-11-7-4-8-12-18)23(30)17-9-5-3-6-10-17/h3-16,22,24H,1-2H3,(H,28,31). The molecule has 0 aliphatic rings. The summed E-state index contributed by atoms with van der Waals surface area (Å²) >= 11 is 6.06. The molecule has 3 aromatic carbocycles. The van der Waals surface area contributed by atoms with E-state index in [0.29, 0.717) is 11.1 Å². The third-order valence-electron chi connectivity index (χ3n) is 5.25. The van der Waals surface area contributed by atoms with E-state index in [1.54, 1.807) is 74.5 Å². The fourth-order valence-corrected chi connectivity index (χ4v) is 3.62. The zero-order valence-electron chi connectivity index (χ0n) is 19.0. The monoisotopic (exact) mass is 494 g/mol.